The molecule has 0 atom stereocenters. The van der Waals surface area contributed by atoms with Gasteiger partial charge < -0.3 is 4.57 Å². The van der Waals surface area contributed by atoms with Gasteiger partial charge in [-0.15, -0.1) is 0 Å². The lowest BCUT2D eigenvalue weighted by molar-refractivity contribution is -0.115. The molecule has 1 fully saturated rings. The van der Waals surface area contributed by atoms with E-state index in [1.54, 1.807) is 4.90 Å². The van der Waals surface area contributed by atoms with Crippen LogP contribution >= 0.6 is 0 Å². The van der Waals surface area contributed by atoms with Crippen LogP contribution in [0.1, 0.15) is 58.8 Å². The number of rotatable bonds is 4. The Labute approximate surface area is 201 Å². The average Bonchev–Trinajstić information content (AvgIpc) is 3.21. The van der Waals surface area contributed by atoms with E-state index in [-0.39, 0.29) is 5.91 Å². The topological polar surface area (TPSA) is 51.0 Å². The summed E-state index contributed by atoms with van der Waals surface area (Å²) in [6, 6.07) is 8.16. The van der Waals surface area contributed by atoms with Gasteiger partial charge in [0.1, 0.15) is 5.52 Å². The van der Waals surface area contributed by atoms with Gasteiger partial charge in [0.2, 0.25) is 0 Å². The van der Waals surface area contributed by atoms with Crippen molar-refractivity contribution < 1.29 is 4.79 Å². The molecule has 5 rings (SSSR count). The summed E-state index contributed by atoms with van der Waals surface area (Å²) in [4.78, 5) is 25.6. The Morgan fingerprint density at radius 3 is 2.56 bits per heavy atom. The van der Waals surface area contributed by atoms with Crippen LogP contribution in [0.4, 0.5) is 5.82 Å². The Balaban J connectivity index is 1.63. The summed E-state index contributed by atoms with van der Waals surface area (Å²) in [7, 11) is 0. The number of benzene rings is 1. The highest BCUT2D eigenvalue weighted by molar-refractivity contribution is 6.14. The van der Waals surface area contributed by atoms with Crippen LogP contribution in [0.3, 0.4) is 0 Å². The number of hydrogen-bond acceptors (Lipinski definition) is 3. The van der Waals surface area contributed by atoms with E-state index in [9.17, 15) is 4.79 Å². The van der Waals surface area contributed by atoms with Gasteiger partial charge in [-0.25, -0.2) is 9.97 Å². The summed E-state index contributed by atoms with van der Waals surface area (Å²) >= 11 is 0. The zero-order chi connectivity index (χ0) is 23.5. The van der Waals surface area contributed by atoms with Crippen LogP contribution in [-0.4, -0.2) is 20.4 Å². The Morgan fingerprint density at radius 2 is 1.76 bits per heavy atom. The highest BCUT2D eigenvalue weighted by Crippen LogP contribution is 2.35. The van der Waals surface area contributed by atoms with E-state index in [0.717, 1.165) is 46.9 Å². The molecule has 5 heteroatoms. The number of carbonyl (C=O) groups is 1. The van der Waals surface area contributed by atoms with E-state index >= 15 is 0 Å². The fraction of sp³-hybridized carbons (Fsp3) is 0.414. The number of imidazole rings is 1. The molecular formula is C29H34N4O. The number of allylic oxidation sites excluding steroid dienone is 4. The van der Waals surface area contributed by atoms with Gasteiger partial charge in [-0.2, -0.15) is 0 Å². The maximum Gasteiger partial charge on any atom is 0.259 e. The van der Waals surface area contributed by atoms with Crippen molar-refractivity contribution >= 4 is 33.7 Å². The minimum atomic E-state index is 0.0219. The molecule has 0 bridgehead atoms. The van der Waals surface area contributed by atoms with Crippen molar-refractivity contribution in [2.75, 3.05) is 4.90 Å². The number of aromatic nitrogens is 3. The predicted molar refractivity (Wildman–Crippen MR) is 140 cm³/mol. The SMILES string of the molecule is CC(C)Cn1cnc2c(N3\C=C/C=C\C=C(\C4CCCCCCC4)C3=O)nc3ccccc3c21. The van der Waals surface area contributed by atoms with Crippen molar-refractivity contribution in [1.29, 1.82) is 0 Å². The normalized spacial score (nSPS) is 21.7. The van der Waals surface area contributed by atoms with E-state index in [4.69, 9.17) is 9.97 Å². The minimum Gasteiger partial charge on any atom is -0.330 e. The molecule has 2 aromatic heterocycles. The third-order valence-electron chi connectivity index (χ3n) is 6.97. The number of pyridine rings is 1. The van der Waals surface area contributed by atoms with Gasteiger partial charge in [0, 0.05) is 23.7 Å². The predicted octanol–water partition coefficient (Wildman–Crippen LogP) is 6.94. The van der Waals surface area contributed by atoms with Gasteiger partial charge in [0.25, 0.3) is 5.91 Å². The summed E-state index contributed by atoms with van der Waals surface area (Å²) in [5.41, 5.74) is 3.60. The summed E-state index contributed by atoms with van der Waals surface area (Å²) < 4.78 is 2.21. The first-order chi connectivity index (χ1) is 16.6. The highest BCUT2D eigenvalue weighted by atomic mass is 16.2. The second-order valence-corrected chi connectivity index (χ2v) is 10.0. The van der Waals surface area contributed by atoms with Gasteiger partial charge in [-0.1, -0.05) is 82.4 Å². The van der Waals surface area contributed by atoms with E-state index in [0.29, 0.717) is 17.7 Å². The van der Waals surface area contributed by atoms with Gasteiger partial charge in [-0.05, 0) is 36.8 Å². The van der Waals surface area contributed by atoms with Gasteiger partial charge in [-0.3, -0.25) is 9.69 Å². The second kappa shape index (κ2) is 9.96. The van der Waals surface area contributed by atoms with Crippen molar-refractivity contribution in [2.45, 2.75) is 65.3 Å². The third kappa shape index (κ3) is 4.44. The Morgan fingerprint density at radius 1 is 1.00 bits per heavy atom. The average molecular weight is 455 g/mol. The van der Waals surface area contributed by atoms with E-state index in [2.05, 4.69) is 24.5 Å². The fourth-order valence-electron chi connectivity index (χ4n) is 5.35. The van der Waals surface area contributed by atoms with Crippen LogP contribution in [0.25, 0.3) is 21.9 Å². The van der Waals surface area contributed by atoms with Crippen molar-refractivity contribution in [1.82, 2.24) is 14.5 Å². The van der Waals surface area contributed by atoms with Gasteiger partial charge in [0.15, 0.2) is 5.82 Å². The Hall–Kier alpha value is -3.21. The van der Waals surface area contributed by atoms with Gasteiger partial charge >= 0.3 is 0 Å². The standard InChI is InChI=1S/C29H34N4O/c1-21(2)19-32-20-30-26-27(32)24-16-10-11-17-25(24)31-28(26)33-18-12-6-9-15-23(29(33)34)22-13-7-4-3-5-8-14-22/h6,9-12,15-18,20-22H,3-5,7-8,13-14,19H2,1-2H3/b9-6-,18-12-,23-15-. The second-order valence-electron chi connectivity index (χ2n) is 10.0. The molecule has 0 unspecified atom stereocenters. The quantitative estimate of drug-likeness (QED) is 0.429. The lowest BCUT2D eigenvalue weighted by Crippen LogP contribution is -2.31. The molecule has 1 aliphatic carbocycles. The molecule has 0 radical (unpaired) electrons. The first-order valence-corrected chi connectivity index (χ1v) is 12.8. The Kier molecular flexibility index (Phi) is 6.61. The van der Waals surface area contributed by atoms with E-state index in [1.807, 2.05) is 55.0 Å². The molecule has 3 aromatic rings. The lowest BCUT2D eigenvalue weighted by atomic mass is 9.84. The molecule has 34 heavy (non-hydrogen) atoms. The molecule has 1 saturated carbocycles. The van der Waals surface area contributed by atoms with Crippen LogP contribution < -0.4 is 4.90 Å². The van der Waals surface area contributed by atoms with Crippen LogP contribution in [0.2, 0.25) is 0 Å². The van der Waals surface area contributed by atoms with Crippen molar-refractivity contribution in [2.24, 2.45) is 11.8 Å². The molecule has 1 aliphatic heterocycles. The number of anilines is 1. The maximum atomic E-state index is 14.1. The molecule has 2 aliphatic rings. The zero-order valence-electron chi connectivity index (χ0n) is 20.3. The van der Waals surface area contributed by atoms with Crippen molar-refractivity contribution in [3.05, 3.63) is 66.7 Å². The molecule has 0 N–H and O–H groups in total. The first kappa shape index (κ1) is 22.6. The fourth-order valence-corrected chi connectivity index (χ4v) is 5.35. The van der Waals surface area contributed by atoms with E-state index < -0.39 is 0 Å². The molecular weight excluding hydrogens is 420 g/mol. The summed E-state index contributed by atoms with van der Waals surface area (Å²) in [5, 5.41) is 1.07. The number of para-hydroxylation sites is 1. The first-order valence-electron chi connectivity index (χ1n) is 12.8. The lowest BCUT2D eigenvalue weighted by Gasteiger charge is -2.27. The van der Waals surface area contributed by atoms with E-state index in [1.165, 1.54) is 32.1 Å². The molecule has 3 heterocycles. The van der Waals surface area contributed by atoms with Crippen molar-refractivity contribution in [3.8, 4) is 0 Å². The third-order valence-corrected chi connectivity index (χ3v) is 6.97. The van der Waals surface area contributed by atoms with Crippen LogP contribution in [-0.2, 0) is 11.3 Å². The molecule has 0 saturated heterocycles. The minimum absolute atomic E-state index is 0.0219. The highest BCUT2D eigenvalue weighted by Gasteiger charge is 2.29. The molecule has 5 nitrogen and oxygen atoms in total. The smallest absolute Gasteiger partial charge is 0.259 e. The number of carbonyl (C=O) groups excluding carboxylic acids is 1. The van der Waals surface area contributed by atoms with Gasteiger partial charge in [0.05, 0.1) is 17.4 Å². The summed E-state index contributed by atoms with van der Waals surface area (Å²) in [6.07, 6.45) is 20.1. The summed E-state index contributed by atoms with van der Waals surface area (Å²) in [5.74, 6) is 1.41. The molecule has 1 amide bonds. The van der Waals surface area contributed by atoms with Crippen LogP contribution in [0, 0.1) is 11.8 Å². The largest absolute Gasteiger partial charge is 0.330 e. The van der Waals surface area contributed by atoms with Crippen LogP contribution in [0.15, 0.2) is 66.7 Å². The molecule has 1 aromatic carbocycles. The van der Waals surface area contributed by atoms with Crippen LogP contribution in [0.5, 0.6) is 0 Å². The monoisotopic (exact) mass is 454 g/mol. The zero-order valence-corrected chi connectivity index (χ0v) is 20.3. The summed E-state index contributed by atoms with van der Waals surface area (Å²) in [6.45, 7) is 5.28. The Bertz CT molecular complexity index is 1270. The maximum absolute atomic E-state index is 14.1. The molecule has 176 valence electrons. The molecule has 0 spiro atoms. The number of amides is 1. The number of hydrogen-bond donors (Lipinski definition) is 0. The number of fused-ring (bicyclic) bond motifs is 3. The number of nitrogens with zero attached hydrogens (tertiary/aromatic N) is 4. The van der Waals surface area contributed by atoms with Crippen molar-refractivity contribution in [3.63, 3.8) is 0 Å².